The zero-order valence-corrected chi connectivity index (χ0v) is 11.1. The number of hydrogen-bond acceptors (Lipinski definition) is 5. The fraction of sp³-hybridized carbons (Fsp3) is 0.0769. The van der Waals surface area contributed by atoms with Gasteiger partial charge in [-0.25, -0.2) is 0 Å². The summed E-state index contributed by atoms with van der Waals surface area (Å²) >= 11 is 1.77. The minimum Gasteiger partial charge on any atom is -0.253 e. The molecule has 0 aromatic carbocycles. The number of rotatable bonds is 3. The Morgan fingerprint density at radius 1 is 1.21 bits per heavy atom. The number of aromatic nitrogens is 5. The van der Waals surface area contributed by atoms with E-state index >= 15 is 0 Å². The number of tetrazole rings is 1. The highest BCUT2D eigenvalue weighted by Crippen LogP contribution is 2.19. The van der Waals surface area contributed by atoms with Crippen molar-refractivity contribution in [3.8, 4) is 11.5 Å². The second-order valence-electron chi connectivity index (χ2n) is 3.99. The van der Waals surface area contributed by atoms with Crippen molar-refractivity contribution in [3.63, 3.8) is 0 Å². The Morgan fingerprint density at radius 3 is 2.89 bits per heavy atom. The molecule has 0 fully saturated rings. The van der Waals surface area contributed by atoms with E-state index in [9.17, 15) is 0 Å². The van der Waals surface area contributed by atoms with Crippen LogP contribution in [0.2, 0.25) is 0 Å². The summed E-state index contributed by atoms with van der Waals surface area (Å²) in [6.07, 6.45) is 5.88. The molecular weight excluding hydrogens is 258 g/mol. The molecule has 0 bridgehead atoms. The second-order valence-corrected chi connectivity index (χ2v) is 5.31. The molecule has 94 valence electrons. The van der Waals surface area contributed by atoms with Crippen LogP contribution in [0.15, 0.2) is 30.5 Å². The van der Waals surface area contributed by atoms with Gasteiger partial charge in [0.25, 0.3) is 0 Å². The third-order valence-electron chi connectivity index (χ3n) is 2.56. The number of nitrogens with zero attached hydrogens (tertiary/aromatic N) is 4. The van der Waals surface area contributed by atoms with E-state index in [1.807, 2.05) is 12.1 Å². The van der Waals surface area contributed by atoms with Gasteiger partial charge < -0.3 is 0 Å². The molecule has 3 aromatic rings. The Bertz CT molecular complexity index is 699. The molecule has 3 heterocycles. The molecule has 1 N–H and O–H groups in total. The Kier molecular flexibility index (Phi) is 3.16. The summed E-state index contributed by atoms with van der Waals surface area (Å²) in [7, 11) is 0. The van der Waals surface area contributed by atoms with Crippen molar-refractivity contribution >= 4 is 23.5 Å². The van der Waals surface area contributed by atoms with E-state index < -0.39 is 0 Å². The maximum absolute atomic E-state index is 4.22. The zero-order chi connectivity index (χ0) is 13.1. The van der Waals surface area contributed by atoms with Crippen LogP contribution in [0.1, 0.15) is 15.3 Å². The zero-order valence-electron chi connectivity index (χ0n) is 10.2. The molecule has 0 atom stereocenters. The van der Waals surface area contributed by atoms with Gasteiger partial charge in [-0.05, 0) is 48.0 Å². The molecule has 5 nitrogen and oxygen atoms in total. The van der Waals surface area contributed by atoms with Crippen molar-refractivity contribution in [2.24, 2.45) is 0 Å². The summed E-state index contributed by atoms with van der Waals surface area (Å²) in [6.45, 7) is 2.10. The average Bonchev–Trinajstić information content (AvgIpc) is 3.08. The monoisotopic (exact) mass is 269 g/mol. The predicted octanol–water partition coefficient (Wildman–Crippen LogP) is 2.80. The molecule has 3 aromatic heterocycles. The van der Waals surface area contributed by atoms with Crippen LogP contribution < -0.4 is 0 Å². The molecule has 0 saturated heterocycles. The lowest BCUT2D eigenvalue weighted by molar-refractivity contribution is 0.881. The Labute approximate surface area is 114 Å². The number of H-pyrrole nitrogens is 1. The SMILES string of the molecule is Cc1ccc(/C=C/c2ccnc(-c3nn[nH]n3)c2)s1. The van der Waals surface area contributed by atoms with Gasteiger partial charge in [-0.15, -0.1) is 21.5 Å². The van der Waals surface area contributed by atoms with E-state index in [0.29, 0.717) is 11.5 Å². The van der Waals surface area contributed by atoms with Crippen molar-refractivity contribution in [2.75, 3.05) is 0 Å². The largest absolute Gasteiger partial charge is 0.253 e. The molecule has 19 heavy (non-hydrogen) atoms. The normalized spacial score (nSPS) is 11.2. The van der Waals surface area contributed by atoms with Gasteiger partial charge in [0.15, 0.2) is 0 Å². The van der Waals surface area contributed by atoms with Gasteiger partial charge in [-0.2, -0.15) is 5.21 Å². The summed E-state index contributed by atoms with van der Waals surface area (Å²) in [5.74, 6) is 0.502. The molecule has 0 spiro atoms. The minimum absolute atomic E-state index is 0.502. The van der Waals surface area contributed by atoms with E-state index in [1.54, 1.807) is 17.5 Å². The first kappa shape index (κ1) is 11.7. The van der Waals surface area contributed by atoms with Crippen LogP contribution >= 0.6 is 11.3 Å². The minimum atomic E-state index is 0.502. The van der Waals surface area contributed by atoms with Crippen molar-refractivity contribution in [2.45, 2.75) is 6.92 Å². The van der Waals surface area contributed by atoms with Crippen molar-refractivity contribution in [3.05, 3.63) is 45.8 Å². The summed E-state index contributed by atoms with van der Waals surface area (Å²) in [5.41, 5.74) is 1.76. The van der Waals surface area contributed by atoms with Crippen LogP contribution in [0, 0.1) is 6.92 Å². The molecule has 6 heteroatoms. The molecule has 0 aliphatic rings. The van der Waals surface area contributed by atoms with E-state index in [-0.39, 0.29) is 0 Å². The smallest absolute Gasteiger partial charge is 0.222 e. The second kappa shape index (κ2) is 5.11. The molecule has 0 saturated carbocycles. The highest BCUT2D eigenvalue weighted by molar-refractivity contribution is 7.12. The molecule has 0 aliphatic heterocycles. The van der Waals surface area contributed by atoms with Crippen molar-refractivity contribution in [1.82, 2.24) is 25.6 Å². The quantitative estimate of drug-likeness (QED) is 0.794. The standard InChI is InChI=1S/C13H11N5S/c1-9-2-4-11(19-9)5-3-10-6-7-14-12(8-10)13-15-17-18-16-13/h2-8H,1H3,(H,15,16,17,18)/b5-3+. The first-order valence-corrected chi connectivity index (χ1v) is 6.57. The van der Waals surface area contributed by atoms with Gasteiger partial charge >= 0.3 is 0 Å². The van der Waals surface area contributed by atoms with Gasteiger partial charge in [-0.1, -0.05) is 6.08 Å². The molecule has 0 unspecified atom stereocenters. The molecule has 0 amide bonds. The number of aromatic amines is 1. The lowest BCUT2D eigenvalue weighted by Crippen LogP contribution is -1.86. The Morgan fingerprint density at radius 2 is 2.16 bits per heavy atom. The van der Waals surface area contributed by atoms with E-state index in [1.165, 1.54) is 9.75 Å². The third-order valence-corrected chi connectivity index (χ3v) is 3.53. The van der Waals surface area contributed by atoms with Crippen LogP contribution in [-0.4, -0.2) is 25.6 Å². The fourth-order valence-electron chi connectivity index (χ4n) is 1.66. The van der Waals surface area contributed by atoms with E-state index in [4.69, 9.17) is 0 Å². The number of aryl methyl sites for hydroxylation is 1. The van der Waals surface area contributed by atoms with Gasteiger partial charge in [0, 0.05) is 16.0 Å². The fourth-order valence-corrected chi connectivity index (χ4v) is 2.44. The number of thiophene rings is 1. The lowest BCUT2D eigenvalue weighted by atomic mass is 10.2. The predicted molar refractivity (Wildman–Crippen MR) is 75.4 cm³/mol. The Hall–Kier alpha value is -2.34. The van der Waals surface area contributed by atoms with Gasteiger partial charge in [0.05, 0.1) is 0 Å². The van der Waals surface area contributed by atoms with Crippen molar-refractivity contribution in [1.29, 1.82) is 0 Å². The van der Waals surface area contributed by atoms with Gasteiger partial charge in [0.2, 0.25) is 5.82 Å². The van der Waals surface area contributed by atoms with Crippen LogP contribution in [0.4, 0.5) is 0 Å². The highest BCUT2D eigenvalue weighted by Gasteiger charge is 2.03. The molecule has 3 rings (SSSR count). The highest BCUT2D eigenvalue weighted by atomic mass is 32.1. The molecule has 0 radical (unpaired) electrons. The molecule has 0 aliphatic carbocycles. The first-order valence-electron chi connectivity index (χ1n) is 5.76. The maximum atomic E-state index is 4.22. The first-order chi connectivity index (χ1) is 9.31. The van der Waals surface area contributed by atoms with Crippen LogP contribution in [-0.2, 0) is 0 Å². The summed E-state index contributed by atoms with van der Waals surface area (Å²) < 4.78 is 0. The topological polar surface area (TPSA) is 67.3 Å². The van der Waals surface area contributed by atoms with Gasteiger partial charge in [0.1, 0.15) is 5.69 Å². The summed E-state index contributed by atoms with van der Waals surface area (Å²) in [5, 5.41) is 13.8. The average molecular weight is 269 g/mol. The molecular formula is C13H11N5S. The van der Waals surface area contributed by atoms with E-state index in [2.05, 4.69) is 56.8 Å². The number of hydrogen-bond donors (Lipinski definition) is 1. The van der Waals surface area contributed by atoms with Crippen molar-refractivity contribution < 1.29 is 0 Å². The third kappa shape index (κ3) is 2.74. The summed E-state index contributed by atoms with van der Waals surface area (Å²) in [4.78, 5) is 6.76. The summed E-state index contributed by atoms with van der Waals surface area (Å²) in [6, 6.07) is 8.10. The number of nitrogens with one attached hydrogen (secondary N) is 1. The van der Waals surface area contributed by atoms with E-state index in [0.717, 1.165) is 5.56 Å². The number of pyridine rings is 1. The van der Waals surface area contributed by atoms with Crippen LogP contribution in [0.3, 0.4) is 0 Å². The van der Waals surface area contributed by atoms with Crippen LogP contribution in [0.5, 0.6) is 0 Å². The lowest BCUT2D eigenvalue weighted by Gasteiger charge is -1.96. The maximum Gasteiger partial charge on any atom is 0.222 e. The Balaban J connectivity index is 1.86. The van der Waals surface area contributed by atoms with Crippen LogP contribution in [0.25, 0.3) is 23.7 Å². The van der Waals surface area contributed by atoms with Gasteiger partial charge in [-0.3, -0.25) is 4.98 Å².